The van der Waals surface area contributed by atoms with E-state index in [0.29, 0.717) is 6.42 Å². The van der Waals surface area contributed by atoms with Crippen molar-refractivity contribution in [2.24, 2.45) is 5.92 Å². The minimum absolute atomic E-state index is 0.381. The van der Waals surface area contributed by atoms with Crippen LogP contribution in [0.15, 0.2) is 6.20 Å². The number of carboxylic acid groups (broad SMARTS) is 1. The summed E-state index contributed by atoms with van der Waals surface area (Å²) in [5, 5.41) is 19.2. The van der Waals surface area contributed by atoms with Crippen molar-refractivity contribution in [2.45, 2.75) is 25.8 Å². The van der Waals surface area contributed by atoms with Crippen LogP contribution in [0.3, 0.4) is 0 Å². The average molecular weight is 209 g/mol. The lowest BCUT2D eigenvalue weighted by Gasteiger charge is -2.29. The van der Waals surface area contributed by atoms with Crippen LogP contribution in [0, 0.1) is 12.8 Å². The SMILES string of the molecule is Cc1[nH]ncc1C1(C)NCCC1C(=O)O. The standard InChI is InChI=1S/C10H15N3O2/c1-6-8(5-12-13-6)10(2)7(9(14)15)3-4-11-10/h5,7,11H,3-4H2,1-2H3,(H,12,13)(H,14,15). The lowest BCUT2D eigenvalue weighted by Crippen LogP contribution is -2.42. The van der Waals surface area contributed by atoms with Gasteiger partial charge in [0.15, 0.2) is 0 Å². The zero-order valence-electron chi connectivity index (χ0n) is 8.87. The molecule has 82 valence electrons. The summed E-state index contributed by atoms with van der Waals surface area (Å²) in [6.07, 6.45) is 2.38. The maximum Gasteiger partial charge on any atom is 0.308 e. The molecule has 2 heterocycles. The van der Waals surface area contributed by atoms with Crippen LogP contribution in [-0.4, -0.2) is 27.8 Å². The number of nitrogens with zero attached hydrogens (tertiary/aromatic N) is 1. The molecule has 0 bridgehead atoms. The second-order valence-electron chi connectivity index (χ2n) is 4.22. The predicted octanol–water partition coefficient (Wildman–Crippen LogP) is 0.627. The minimum Gasteiger partial charge on any atom is -0.481 e. The lowest BCUT2D eigenvalue weighted by molar-refractivity contribution is -0.143. The van der Waals surface area contributed by atoms with Gasteiger partial charge in [0, 0.05) is 11.3 Å². The van der Waals surface area contributed by atoms with Crippen LogP contribution >= 0.6 is 0 Å². The van der Waals surface area contributed by atoms with Gasteiger partial charge in [-0.05, 0) is 26.8 Å². The molecular formula is C10H15N3O2. The summed E-state index contributed by atoms with van der Waals surface area (Å²) in [6.45, 7) is 4.57. The molecule has 1 aromatic heterocycles. The van der Waals surface area contributed by atoms with Crippen molar-refractivity contribution >= 4 is 5.97 Å². The Kier molecular flexibility index (Phi) is 2.26. The first-order valence-electron chi connectivity index (χ1n) is 5.04. The van der Waals surface area contributed by atoms with Gasteiger partial charge in [0.2, 0.25) is 0 Å². The Hall–Kier alpha value is -1.36. The van der Waals surface area contributed by atoms with Crippen molar-refractivity contribution in [1.29, 1.82) is 0 Å². The third-order valence-electron chi connectivity index (χ3n) is 3.31. The number of aromatic nitrogens is 2. The number of hydrogen-bond acceptors (Lipinski definition) is 3. The second-order valence-corrected chi connectivity index (χ2v) is 4.22. The molecule has 0 aliphatic carbocycles. The fraction of sp³-hybridized carbons (Fsp3) is 0.600. The largest absolute Gasteiger partial charge is 0.481 e. The van der Waals surface area contributed by atoms with E-state index >= 15 is 0 Å². The third-order valence-corrected chi connectivity index (χ3v) is 3.31. The van der Waals surface area contributed by atoms with Gasteiger partial charge < -0.3 is 10.4 Å². The molecule has 0 spiro atoms. The summed E-state index contributed by atoms with van der Waals surface area (Å²) in [4.78, 5) is 11.2. The molecule has 5 nitrogen and oxygen atoms in total. The van der Waals surface area contributed by atoms with Gasteiger partial charge in [0.1, 0.15) is 0 Å². The Morgan fingerprint density at radius 3 is 3.00 bits per heavy atom. The summed E-state index contributed by atoms with van der Waals surface area (Å²) in [6, 6.07) is 0. The Labute approximate surface area is 87.9 Å². The van der Waals surface area contributed by atoms with Gasteiger partial charge >= 0.3 is 5.97 Å². The van der Waals surface area contributed by atoms with E-state index in [2.05, 4.69) is 15.5 Å². The summed E-state index contributed by atoms with van der Waals surface area (Å²) >= 11 is 0. The van der Waals surface area contributed by atoms with E-state index in [1.54, 1.807) is 6.20 Å². The smallest absolute Gasteiger partial charge is 0.308 e. The lowest BCUT2D eigenvalue weighted by atomic mass is 9.81. The first-order chi connectivity index (χ1) is 7.05. The van der Waals surface area contributed by atoms with E-state index in [-0.39, 0.29) is 5.92 Å². The van der Waals surface area contributed by atoms with E-state index in [4.69, 9.17) is 5.11 Å². The van der Waals surface area contributed by atoms with Crippen molar-refractivity contribution in [3.63, 3.8) is 0 Å². The highest BCUT2D eigenvalue weighted by atomic mass is 16.4. The molecule has 0 radical (unpaired) electrons. The van der Waals surface area contributed by atoms with Gasteiger partial charge in [-0.15, -0.1) is 0 Å². The second kappa shape index (κ2) is 3.34. The number of carboxylic acids is 1. The number of hydrogen-bond donors (Lipinski definition) is 3. The highest BCUT2D eigenvalue weighted by Crippen LogP contribution is 2.36. The van der Waals surface area contributed by atoms with E-state index in [1.165, 1.54) is 0 Å². The molecule has 1 fully saturated rings. The van der Waals surface area contributed by atoms with Gasteiger partial charge in [-0.2, -0.15) is 5.10 Å². The van der Waals surface area contributed by atoms with E-state index in [1.807, 2.05) is 13.8 Å². The first-order valence-corrected chi connectivity index (χ1v) is 5.04. The van der Waals surface area contributed by atoms with E-state index in [0.717, 1.165) is 17.8 Å². The molecule has 5 heteroatoms. The quantitative estimate of drug-likeness (QED) is 0.667. The van der Waals surface area contributed by atoms with Crippen LogP contribution in [0.4, 0.5) is 0 Å². The third kappa shape index (κ3) is 1.43. The molecule has 1 aliphatic rings. The number of nitrogens with one attached hydrogen (secondary N) is 2. The molecule has 15 heavy (non-hydrogen) atoms. The number of aromatic amines is 1. The van der Waals surface area contributed by atoms with Crippen LogP contribution in [0.2, 0.25) is 0 Å². The highest BCUT2D eigenvalue weighted by Gasteiger charge is 2.45. The Morgan fingerprint density at radius 2 is 2.47 bits per heavy atom. The van der Waals surface area contributed by atoms with Crippen LogP contribution in [-0.2, 0) is 10.3 Å². The number of carbonyl (C=O) groups is 1. The van der Waals surface area contributed by atoms with Crippen LogP contribution < -0.4 is 5.32 Å². The van der Waals surface area contributed by atoms with Crippen molar-refractivity contribution in [1.82, 2.24) is 15.5 Å². The van der Waals surface area contributed by atoms with Gasteiger partial charge in [-0.3, -0.25) is 9.89 Å². The molecule has 1 aromatic rings. The van der Waals surface area contributed by atoms with Crippen molar-refractivity contribution < 1.29 is 9.90 Å². The molecule has 2 unspecified atom stereocenters. The molecular weight excluding hydrogens is 194 g/mol. The highest BCUT2D eigenvalue weighted by molar-refractivity contribution is 5.73. The zero-order valence-corrected chi connectivity index (χ0v) is 8.87. The number of aliphatic carboxylic acids is 1. The number of aryl methyl sites for hydroxylation is 1. The van der Waals surface area contributed by atoms with Gasteiger partial charge in [-0.25, -0.2) is 0 Å². The predicted molar refractivity (Wildman–Crippen MR) is 54.4 cm³/mol. The summed E-state index contributed by atoms with van der Waals surface area (Å²) < 4.78 is 0. The molecule has 0 amide bonds. The Balaban J connectivity index is 2.41. The monoisotopic (exact) mass is 209 g/mol. The summed E-state index contributed by atoms with van der Waals surface area (Å²) in [5.41, 5.74) is 1.38. The van der Waals surface area contributed by atoms with E-state index < -0.39 is 11.5 Å². The molecule has 0 saturated carbocycles. The zero-order chi connectivity index (χ0) is 11.1. The maximum atomic E-state index is 11.2. The molecule has 2 rings (SSSR count). The molecule has 3 N–H and O–H groups in total. The van der Waals surface area contributed by atoms with E-state index in [9.17, 15) is 4.79 Å². The average Bonchev–Trinajstić information content (AvgIpc) is 2.72. The maximum absolute atomic E-state index is 11.2. The first kappa shape index (κ1) is 10.2. The Bertz CT molecular complexity index is 388. The normalized spacial score (nSPS) is 30.7. The fourth-order valence-electron chi connectivity index (χ4n) is 2.42. The summed E-state index contributed by atoms with van der Waals surface area (Å²) in [5.74, 6) is -1.13. The van der Waals surface area contributed by atoms with Crippen molar-refractivity contribution in [3.05, 3.63) is 17.5 Å². The Morgan fingerprint density at radius 1 is 1.73 bits per heavy atom. The molecule has 1 saturated heterocycles. The van der Waals surface area contributed by atoms with Crippen LogP contribution in [0.25, 0.3) is 0 Å². The van der Waals surface area contributed by atoms with Crippen LogP contribution in [0.1, 0.15) is 24.6 Å². The molecule has 0 aromatic carbocycles. The fourth-order valence-corrected chi connectivity index (χ4v) is 2.42. The van der Waals surface area contributed by atoms with Crippen molar-refractivity contribution in [2.75, 3.05) is 6.54 Å². The molecule has 1 aliphatic heterocycles. The van der Waals surface area contributed by atoms with Gasteiger partial charge in [0.25, 0.3) is 0 Å². The topological polar surface area (TPSA) is 78.0 Å². The number of H-pyrrole nitrogens is 1. The van der Waals surface area contributed by atoms with Crippen LogP contribution in [0.5, 0.6) is 0 Å². The summed E-state index contributed by atoms with van der Waals surface area (Å²) in [7, 11) is 0. The van der Waals surface area contributed by atoms with Gasteiger partial charge in [0.05, 0.1) is 17.7 Å². The molecule has 2 atom stereocenters. The van der Waals surface area contributed by atoms with Crippen molar-refractivity contribution in [3.8, 4) is 0 Å². The minimum atomic E-state index is -0.747. The van der Waals surface area contributed by atoms with Gasteiger partial charge in [-0.1, -0.05) is 0 Å². The number of rotatable bonds is 2.